The van der Waals surface area contributed by atoms with Crippen LogP contribution in [0.25, 0.3) is 0 Å². The predicted molar refractivity (Wildman–Crippen MR) is 55.8 cm³/mol. The first kappa shape index (κ1) is 8.88. The highest BCUT2D eigenvalue weighted by Gasteiger charge is 2.15. The molecule has 1 aliphatic heterocycles. The van der Waals surface area contributed by atoms with Gasteiger partial charge in [0.2, 0.25) is 0 Å². The molecule has 1 heterocycles. The SMILES string of the molecule is Fc1ccccc1N[C@@H]1CCSC1. The Morgan fingerprint density at radius 1 is 1.38 bits per heavy atom. The fraction of sp³-hybridized carbons (Fsp3) is 0.400. The lowest BCUT2D eigenvalue weighted by Crippen LogP contribution is -2.18. The van der Waals surface area contributed by atoms with Gasteiger partial charge in [-0.1, -0.05) is 12.1 Å². The van der Waals surface area contributed by atoms with Crippen LogP contribution in [0.5, 0.6) is 0 Å². The molecule has 1 N–H and O–H groups in total. The Balaban J connectivity index is 2.04. The minimum atomic E-state index is -0.153. The third-order valence-corrected chi connectivity index (χ3v) is 3.33. The Morgan fingerprint density at radius 2 is 2.23 bits per heavy atom. The first-order chi connectivity index (χ1) is 6.36. The summed E-state index contributed by atoms with van der Waals surface area (Å²) in [6, 6.07) is 7.29. The lowest BCUT2D eigenvalue weighted by molar-refractivity contribution is 0.626. The molecule has 2 rings (SSSR count). The van der Waals surface area contributed by atoms with Crippen LogP contribution in [0.1, 0.15) is 6.42 Å². The molecule has 1 fully saturated rings. The van der Waals surface area contributed by atoms with Crippen LogP contribution in [0.2, 0.25) is 0 Å². The minimum absolute atomic E-state index is 0.153. The van der Waals surface area contributed by atoms with Crippen molar-refractivity contribution in [1.29, 1.82) is 0 Å². The topological polar surface area (TPSA) is 12.0 Å². The molecule has 0 unspecified atom stereocenters. The van der Waals surface area contributed by atoms with Gasteiger partial charge in [0, 0.05) is 11.8 Å². The largest absolute Gasteiger partial charge is 0.379 e. The number of nitrogens with one attached hydrogen (secondary N) is 1. The molecular weight excluding hydrogens is 185 g/mol. The highest BCUT2D eigenvalue weighted by atomic mass is 32.2. The first-order valence-electron chi connectivity index (χ1n) is 4.45. The normalized spacial score (nSPS) is 21.8. The van der Waals surface area contributed by atoms with E-state index < -0.39 is 0 Å². The fourth-order valence-corrected chi connectivity index (χ4v) is 2.60. The van der Waals surface area contributed by atoms with Gasteiger partial charge in [0.25, 0.3) is 0 Å². The van der Waals surface area contributed by atoms with Gasteiger partial charge in [0.15, 0.2) is 0 Å². The van der Waals surface area contributed by atoms with E-state index >= 15 is 0 Å². The zero-order chi connectivity index (χ0) is 9.10. The van der Waals surface area contributed by atoms with Crippen LogP contribution in [-0.2, 0) is 0 Å². The van der Waals surface area contributed by atoms with E-state index in [1.165, 1.54) is 11.8 Å². The number of thioether (sulfide) groups is 1. The monoisotopic (exact) mass is 197 g/mol. The van der Waals surface area contributed by atoms with Gasteiger partial charge in [-0.15, -0.1) is 0 Å². The molecular formula is C10H12FNS. The van der Waals surface area contributed by atoms with Crippen molar-refractivity contribution in [3.63, 3.8) is 0 Å². The van der Waals surface area contributed by atoms with Crippen LogP contribution in [0.3, 0.4) is 0 Å². The van der Waals surface area contributed by atoms with Gasteiger partial charge in [-0.05, 0) is 24.3 Å². The molecule has 3 heteroatoms. The Bertz CT molecular complexity index is 284. The van der Waals surface area contributed by atoms with Gasteiger partial charge >= 0.3 is 0 Å². The Morgan fingerprint density at radius 3 is 2.92 bits per heavy atom. The average molecular weight is 197 g/mol. The number of benzene rings is 1. The first-order valence-corrected chi connectivity index (χ1v) is 5.60. The second-order valence-corrected chi connectivity index (χ2v) is 4.33. The number of halogens is 1. The van der Waals surface area contributed by atoms with Crippen molar-refractivity contribution >= 4 is 17.4 Å². The van der Waals surface area contributed by atoms with Crippen molar-refractivity contribution in [1.82, 2.24) is 0 Å². The van der Waals surface area contributed by atoms with Gasteiger partial charge in [0.05, 0.1) is 5.69 Å². The quantitative estimate of drug-likeness (QED) is 0.782. The Kier molecular flexibility index (Phi) is 2.74. The summed E-state index contributed by atoms with van der Waals surface area (Å²) >= 11 is 1.92. The maximum Gasteiger partial charge on any atom is 0.146 e. The highest BCUT2D eigenvalue weighted by Crippen LogP contribution is 2.22. The van der Waals surface area contributed by atoms with Crippen LogP contribution in [-0.4, -0.2) is 17.5 Å². The molecule has 0 aliphatic carbocycles. The van der Waals surface area contributed by atoms with Crippen molar-refractivity contribution in [2.24, 2.45) is 0 Å². The molecule has 0 saturated carbocycles. The average Bonchev–Trinajstić information content (AvgIpc) is 2.61. The molecule has 0 amide bonds. The number of hydrogen-bond donors (Lipinski definition) is 1. The smallest absolute Gasteiger partial charge is 0.146 e. The molecule has 1 aromatic carbocycles. The molecule has 0 aromatic heterocycles. The minimum Gasteiger partial charge on any atom is -0.379 e. The van der Waals surface area contributed by atoms with Crippen molar-refractivity contribution < 1.29 is 4.39 Å². The van der Waals surface area contributed by atoms with E-state index in [0.717, 1.165) is 12.2 Å². The zero-order valence-corrected chi connectivity index (χ0v) is 8.11. The van der Waals surface area contributed by atoms with E-state index in [-0.39, 0.29) is 5.82 Å². The van der Waals surface area contributed by atoms with Gasteiger partial charge < -0.3 is 5.32 Å². The molecule has 0 bridgehead atoms. The van der Waals surface area contributed by atoms with Crippen LogP contribution < -0.4 is 5.32 Å². The summed E-state index contributed by atoms with van der Waals surface area (Å²) in [6.07, 6.45) is 1.14. The fourth-order valence-electron chi connectivity index (χ4n) is 1.45. The van der Waals surface area contributed by atoms with E-state index in [0.29, 0.717) is 11.7 Å². The van der Waals surface area contributed by atoms with Crippen LogP contribution in [0.15, 0.2) is 24.3 Å². The standard InChI is InChI=1S/C10H12FNS/c11-9-3-1-2-4-10(9)12-8-5-6-13-7-8/h1-4,8,12H,5-7H2/t8-/m1/s1. The highest BCUT2D eigenvalue weighted by molar-refractivity contribution is 7.99. The molecule has 70 valence electrons. The van der Waals surface area contributed by atoms with E-state index in [1.54, 1.807) is 12.1 Å². The van der Waals surface area contributed by atoms with Crippen LogP contribution >= 0.6 is 11.8 Å². The molecule has 1 atom stereocenters. The summed E-state index contributed by atoms with van der Waals surface area (Å²) in [5.41, 5.74) is 0.634. The molecule has 1 saturated heterocycles. The second-order valence-electron chi connectivity index (χ2n) is 3.18. The van der Waals surface area contributed by atoms with E-state index in [9.17, 15) is 4.39 Å². The summed E-state index contributed by atoms with van der Waals surface area (Å²) in [6.45, 7) is 0. The summed E-state index contributed by atoms with van der Waals surface area (Å²) in [5, 5.41) is 3.21. The van der Waals surface area contributed by atoms with Crippen LogP contribution in [0, 0.1) is 5.82 Å². The van der Waals surface area contributed by atoms with E-state index in [2.05, 4.69) is 5.32 Å². The summed E-state index contributed by atoms with van der Waals surface area (Å²) in [5.74, 6) is 2.12. The van der Waals surface area contributed by atoms with Crippen LogP contribution in [0.4, 0.5) is 10.1 Å². The van der Waals surface area contributed by atoms with E-state index in [1.807, 2.05) is 17.8 Å². The zero-order valence-electron chi connectivity index (χ0n) is 7.29. The van der Waals surface area contributed by atoms with Gasteiger partial charge in [0.1, 0.15) is 5.82 Å². The lowest BCUT2D eigenvalue weighted by atomic mass is 10.2. The van der Waals surface area contributed by atoms with Gasteiger partial charge in [-0.2, -0.15) is 11.8 Å². The molecule has 13 heavy (non-hydrogen) atoms. The summed E-state index contributed by atoms with van der Waals surface area (Å²) in [7, 11) is 0. The maximum absolute atomic E-state index is 13.2. The third kappa shape index (κ3) is 2.15. The second kappa shape index (κ2) is 4.01. The Labute approximate surface area is 81.7 Å². The third-order valence-electron chi connectivity index (χ3n) is 2.16. The number of para-hydroxylation sites is 1. The van der Waals surface area contributed by atoms with Gasteiger partial charge in [-0.3, -0.25) is 0 Å². The van der Waals surface area contributed by atoms with Crippen molar-refractivity contribution in [3.05, 3.63) is 30.1 Å². The number of rotatable bonds is 2. The molecule has 1 aromatic rings. The van der Waals surface area contributed by atoms with E-state index in [4.69, 9.17) is 0 Å². The summed E-state index contributed by atoms with van der Waals surface area (Å²) < 4.78 is 13.2. The summed E-state index contributed by atoms with van der Waals surface area (Å²) in [4.78, 5) is 0. The van der Waals surface area contributed by atoms with Crippen molar-refractivity contribution in [3.8, 4) is 0 Å². The van der Waals surface area contributed by atoms with Gasteiger partial charge in [-0.25, -0.2) is 4.39 Å². The molecule has 1 aliphatic rings. The maximum atomic E-state index is 13.2. The lowest BCUT2D eigenvalue weighted by Gasteiger charge is -2.12. The number of anilines is 1. The molecule has 0 radical (unpaired) electrons. The Hall–Kier alpha value is -0.700. The predicted octanol–water partition coefficient (Wildman–Crippen LogP) is 2.74. The van der Waals surface area contributed by atoms with Crippen molar-refractivity contribution in [2.45, 2.75) is 12.5 Å². The number of hydrogen-bond acceptors (Lipinski definition) is 2. The molecule has 1 nitrogen and oxygen atoms in total. The van der Waals surface area contributed by atoms with Crippen molar-refractivity contribution in [2.75, 3.05) is 16.8 Å². The molecule has 0 spiro atoms.